The van der Waals surface area contributed by atoms with Crippen LogP contribution in [0, 0.1) is 16.7 Å². The molecule has 3 N–H and O–H groups in total. The molecule has 0 saturated heterocycles. The fraction of sp³-hybridized carbons (Fsp3) is 0.500. The third-order valence-electron chi connectivity index (χ3n) is 5.44. The summed E-state index contributed by atoms with van der Waals surface area (Å²) in [5, 5.41) is 19.2. The highest BCUT2D eigenvalue weighted by molar-refractivity contribution is 7.89. The predicted molar refractivity (Wildman–Crippen MR) is 86.1 cm³/mol. The molecule has 2 rings (SSSR count). The van der Waals surface area contributed by atoms with Crippen molar-refractivity contribution in [2.75, 3.05) is 5.32 Å². The van der Waals surface area contributed by atoms with E-state index in [0.717, 1.165) is 0 Å². The van der Waals surface area contributed by atoms with Gasteiger partial charge >= 0.3 is 0 Å². The normalized spacial score (nSPS) is 26.1. The molecule has 8 heteroatoms. The van der Waals surface area contributed by atoms with Crippen LogP contribution in [0.25, 0.3) is 0 Å². The number of nitrogens with two attached hydrogens (primary N) is 1. The van der Waals surface area contributed by atoms with Crippen molar-refractivity contribution in [2.24, 2.45) is 21.9 Å². The topological polar surface area (TPSA) is 129 Å². The maximum atomic E-state index is 12.6. The summed E-state index contributed by atoms with van der Waals surface area (Å²) in [5.74, 6) is -1.94. The zero-order valence-electron chi connectivity index (χ0n) is 13.8. The highest BCUT2D eigenvalue weighted by Crippen LogP contribution is 2.55. The summed E-state index contributed by atoms with van der Waals surface area (Å²) in [6, 6.07) is 5.49. The third kappa shape index (κ3) is 3.03. The van der Waals surface area contributed by atoms with E-state index in [9.17, 15) is 23.1 Å². The quantitative estimate of drug-likeness (QED) is 0.812. The Labute approximate surface area is 141 Å². The number of sulfonamides is 1. The first-order valence-corrected chi connectivity index (χ1v) is 9.09. The molecule has 0 radical (unpaired) electrons. The van der Waals surface area contributed by atoms with Gasteiger partial charge in [0.1, 0.15) is 0 Å². The number of carboxylic acids is 1. The smallest absolute Gasteiger partial charge is 0.238 e. The zero-order chi connectivity index (χ0) is 18.3. The molecule has 7 nitrogen and oxygen atoms in total. The lowest BCUT2D eigenvalue weighted by Gasteiger charge is -2.41. The standard InChI is InChI=1S/C16H22N2O5S/c1-15(2)12(8-9-16(15,3)14(20)21)13(19)18-10-4-6-11(7-5-10)24(17,22)23/h4-7,12H,8-9H2,1-3H3,(H,18,19)(H,20,21)(H2,17,22,23)/p-1/t12-,16+/m0/s1. The molecule has 0 aromatic heterocycles. The lowest BCUT2D eigenvalue weighted by Crippen LogP contribution is -2.49. The van der Waals surface area contributed by atoms with Gasteiger partial charge in [0.05, 0.1) is 4.90 Å². The molecule has 1 aliphatic rings. The van der Waals surface area contributed by atoms with Crippen molar-refractivity contribution in [3.63, 3.8) is 0 Å². The van der Waals surface area contributed by atoms with Crippen molar-refractivity contribution in [1.29, 1.82) is 0 Å². The van der Waals surface area contributed by atoms with Gasteiger partial charge in [-0.2, -0.15) is 0 Å². The largest absolute Gasteiger partial charge is 0.550 e. The first-order chi connectivity index (χ1) is 10.9. The van der Waals surface area contributed by atoms with Gasteiger partial charge in [-0.3, -0.25) is 4.79 Å². The molecule has 1 fully saturated rings. The maximum absolute atomic E-state index is 12.6. The number of hydrogen-bond acceptors (Lipinski definition) is 5. The second kappa shape index (κ2) is 5.86. The van der Waals surface area contributed by atoms with E-state index < -0.39 is 32.7 Å². The molecule has 0 heterocycles. The Bertz CT molecular complexity index is 770. The molecule has 0 aliphatic heterocycles. The number of hydrogen-bond donors (Lipinski definition) is 2. The van der Waals surface area contributed by atoms with E-state index in [-0.39, 0.29) is 10.8 Å². The lowest BCUT2D eigenvalue weighted by atomic mass is 9.65. The second-order valence-electron chi connectivity index (χ2n) is 6.99. The van der Waals surface area contributed by atoms with Gasteiger partial charge in [-0.05, 0) is 42.5 Å². The van der Waals surface area contributed by atoms with Gasteiger partial charge in [0.15, 0.2) is 0 Å². The summed E-state index contributed by atoms with van der Waals surface area (Å²) in [6.07, 6.45) is 0.809. The fourth-order valence-corrected chi connectivity index (χ4v) is 3.80. The summed E-state index contributed by atoms with van der Waals surface area (Å²) in [7, 11) is -3.79. The molecule has 1 aliphatic carbocycles. The summed E-state index contributed by atoms with van der Waals surface area (Å²) < 4.78 is 22.4. The first kappa shape index (κ1) is 18.4. The van der Waals surface area contributed by atoms with Gasteiger partial charge in [-0.15, -0.1) is 0 Å². The number of aliphatic carboxylic acids is 1. The van der Waals surface area contributed by atoms with E-state index in [1.807, 2.05) is 0 Å². The van der Waals surface area contributed by atoms with Gasteiger partial charge in [0, 0.05) is 23.0 Å². The number of nitrogens with one attached hydrogen (secondary N) is 1. The molecule has 132 valence electrons. The molecule has 0 bridgehead atoms. The zero-order valence-corrected chi connectivity index (χ0v) is 14.6. The van der Waals surface area contributed by atoms with E-state index in [4.69, 9.17) is 5.14 Å². The van der Waals surface area contributed by atoms with Crippen LogP contribution in [0.4, 0.5) is 5.69 Å². The van der Waals surface area contributed by atoms with Crippen LogP contribution in [-0.4, -0.2) is 20.3 Å². The molecular formula is C16H21N2O5S-. The van der Waals surface area contributed by atoms with Gasteiger partial charge in [0.2, 0.25) is 15.9 Å². The molecule has 1 amide bonds. The predicted octanol–water partition coefficient (Wildman–Crippen LogP) is 0.465. The van der Waals surface area contributed by atoms with E-state index in [1.165, 1.54) is 24.3 Å². The van der Waals surface area contributed by atoms with Crippen LogP contribution in [0.3, 0.4) is 0 Å². The number of carboxylic acid groups (broad SMARTS) is 1. The van der Waals surface area contributed by atoms with Crippen LogP contribution in [0.15, 0.2) is 29.2 Å². The highest BCUT2D eigenvalue weighted by Gasteiger charge is 2.54. The van der Waals surface area contributed by atoms with Crippen molar-refractivity contribution in [3.05, 3.63) is 24.3 Å². The second-order valence-corrected chi connectivity index (χ2v) is 8.55. The van der Waals surface area contributed by atoms with Gasteiger partial charge in [-0.25, -0.2) is 13.6 Å². The van der Waals surface area contributed by atoms with Crippen molar-refractivity contribution >= 4 is 27.6 Å². The average Bonchev–Trinajstić information content (AvgIpc) is 2.70. The Morgan fingerprint density at radius 3 is 2.17 bits per heavy atom. The Kier molecular flexibility index (Phi) is 4.49. The third-order valence-corrected chi connectivity index (χ3v) is 6.37. The summed E-state index contributed by atoms with van der Waals surface area (Å²) in [6.45, 7) is 5.12. The number of rotatable bonds is 4. The SMILES string of the molecule is CC1(C)[C@H](C(=O)Nc2ccc(S(N)(=O)=O)cc2)CC[C@]1(C)C(=O)[O-]. The Hall–Kier alpha value is -1.93. The molecule has 0 spiro atoms. The minimum Gasteiger partial charge on any atom is -0.550 e. The van der Waals surface area contributed by atoms with Crippen LogP contribution >= 0.6 is 0 Å². The lowest BCUT2D eigenvalue weighted by molar-refractivity contribution is -0.323. The van der Waals surface area contributed by atoms with Gasteiger partial charge in [0.25, 0.3) is 0 Å². The molecule has 0 unspecified atom stereocenters. The van der Waals surface area contributed by atoms with Gasteiger partial charge in [-0.1, -0.05) is 20.8 Å². The first-order valence-electron chi connectivity index (χ1n) is 7.55. The van der Waals surface area contributed by atoms with Crippen LogP contribution in [0.1, 0.15) is 33.6 Å². The number of amides is 1. The molecule has 1 aromatic carbocycles. The van der Waals surface area contributed by atoms with Crippen molar-refractivity contribution < 1.29 is 23.1 Å². The number of anilines is 1. The average molecular weight is 353 g/mol. The van der Waals surface area contributed by atoms with Crippen molar-refractivity contribution in [3.8, 4) is 0 Å². The number of carbonyl (C=O) groups excluding carboxylic acids is 2. The van der Waals surface area contributed by atoms with Crippen molar-refractivity contribution in [1.82, 2.24) is 0 Å². The fourth-order valence-electron chi connectivity index (χ4n) is 3.28. The molecule has 1 saturated carbocycles. The van der Waals surface area contributed by atoms with Crippen LogP contribution in [-0.2, 0) is 19.6 Å². The Morgan fingerprint density at radius 2 is 1.75 bits per heavy atom. The monoisotopic (exact) mass is 353 g/mol. The maximum Gasteiger partial charge on any atom is 0.238 e. The van der Waals surface area contributed by atoms with E-state index >= 15 is 0 Å². The molecular weight excluding hydrogens is 332 g/mol. The van der Waals surface area contributed by atoms with Crippen LogP contribution in [0.2, 0.25) is 0 Å². The Morgan fingerprint density at radius 1 is 1.21 bits per heavy atom. The summed E-state index contributed by atoms with van der Waals surface area (Å²) in [4.78, 5) is 24.0. The van der Waals surface area contributed by atoms with E-state index in [2.05, 4.69) is 5.32 Å². The van der Waals surface area contributed by atoms with Crippen LogP contribution in [0.5, 0.6) is 0 Å². The molecule has 2 atom stereocenters. The van der Waals surface area contributed by atoms with Gasteiger partial charge < -0.3 is 15.2 Å². The molecule has 1 aromatic rings. The van der Waals surface area contributed by atoms with E-state index in [0.29, 0.717) is 18.5 Å². The summed E-state index contributed by atoms with van der Waals surface area (Å²) >= 11 is 0. The minimum absolute atomic E-state index is 0.0498. The molecule has 24 heavy (non-hydrogen) atoms. The minimum atomic E-state index is -3.79. The van der Waals surface area contributed by atoms with E-state index in [1.54, 1.807) is 20.8 Å². The number of benzene rings is 1. The highest BCUT2D eigenvalue weighted by atomic mass is 32.2. The van der Waals surface area contributed by atoms with Crippen molar-refractivity contribution in [2.45, 2.75) is 38.5 Å². The Balaban J connectivity index is 2.18. The summed E-state index contributed by atoms with van der Waals surface area (Å²) in [5.41, 5.74) is -1.42. The number of primary sulfonamides is 1. The number of carbonyl (C=O) groups is 2. The van der Waals surface area contributed by atoms with Crippen LogP contribution < -0.4 is 15.6 Å².